The summed E-state index contributed by atoms with van der Waals surface area (Å²) in [6.07, 6.45) is 1.39. The predicted octanol–water partition coefficient (Wildman–Crippen LogP) is 2.88. The first-order valence-electron chi connectivity index (χ1n) is 9.19. The average molecular weight is 393 g/mol. The Morgan fingerprint density at radius 2 is 1.97 bits per heavy atom. The van der Waals surface area contributed by atoms with E-state index in [-0.39, 0.29) is 17.5 Å². The normalized spacial score (nSPS) is 11.0. The molecule has 0 saturated carbocycles. The molecule has 2 aliphatic rings. The summed E-state index contributed by atoms with van der Waals surface area (Å²) in [5.74, 6) is -0.115. The number of carbonyl (C=O) groups is 1. The second-order valence-electron chi connectivity index (χ2n) is 6.27. The van der Waals surface area contributed by atoms with Crippen LogP contribution in [0.3, 0.4) is 0 Å². The van der Waals surface area contributed by atoms with Crippen LogP contribution in [0, 0.1) is 0 Å². The average Bonchev–Trinajstić information content (AvgIpc) is 3.26. The highest BCUT2D eigenvalue weighted by Gasteiger charge is 2.18. The number of hydrazine groups is 1. The van der Waals surface area contributed by atoms with Gasteiger partial charge in [-0.25, -0.2) is 4.79 Å². The summed E-state index contributed by atoms with van der Waals surface area (Å²) in [5, 5.41) is 0.816. The Bertz CT molecular complexity index is 1180. The number of amides is 1. The van der Waals surface area contributed by atoms with Crippen LogP contribution in [0.2, 0.25) is 0 Å². The third-order valence-corrected chi connectivity index (χ3v) is 4.56. The fourth-order valence-corrected chi connectivity index (χ4v) is 3.09. The van der Waals surface area contributed by atoms with Crippen LogP contribution in [0.4, 0.5) is 11.5 Å². The summed E-state index contributed by atoms with van der Waals surface area (Å²) in [5.41, 5.74) is 6.46. The number of rotatable bonds is 6. The van der Waals surface area contributed by atoms with Crippen molar-refractivity contribution in [3.05, 3.63) is 58.9 Å². The van der Waals surface area contributed by atoms with Crippen LogP contribution in [0.15, 0.2) is 56.3 Å². The third-order valence-electron chi connectivity index (χ3n) is 4.56. The lowest BCUT2D eigenvalue weighted by Crippen LogP contribution is -2.31. The van der Waals surface area contributed by atoms with Crippen molar-refractivity contribution >= 4 is 28.4 Å². The van der Waals surface area contributed by atoms with Gasteiger partial charge in [-0.1, -0.05) is 0 Å². The van der Waals surface area contributed by atoms with Gasteiger partial charge >= 0.3 is 11.6 Å². The Balaban J connectivity index is 1.71. The molecule has 3 heterocycles. The molecule has 0 unspecified atom stereocenters. The van der Waals surface area contributed by atoms with E-state index < -0.39 is 11.6 Å². The molecule has 2 aliphatic heterocycles. The molecule has 4 rings (SSSR count). The highest BCUT2D eigenvalue weighted by atomic mass is 16.3. The Hall–Kier alpha value is -3.88. The van der Waals surface area contributed by atoms with Gasteiger partial charge in [0.25, 0.3) is 0 Å². The molecule has 148 valence electrons. The fraction of sp³-hybridized carbons (Fsp3) is 0.200. The maximum Gasteiger partial charge on any atom is 0.372 e. The van der Waals surface area contributed by atoms with Crippen molar-refractivity contribution in [1.29, 1.82) is 0 Å². The zero-order chi connectivity index (χ0) is 20.4. The van der Waals surface area contributed by atoms with Crippen LogP contribution in [0.25, 0.3) is 22.4 Å². The zero-order valence-electron chi connectivity index (χ0n) is 15.9. The highest BCUT2D eigenvalue weighted by Crippen LogP contribution is 2.32. The number of fused-ring (bicyclic) bond motifs is 2. The molecule has 2 aromatic rings. The summed E-state index contributed by atoms with van der Waals surface area (Å²) in [7, 11) is 0. The molecular weight excluding hydrogens is 374 g/mol. The van der Waals surface area contributed by atoms with Gasteiger partial charge in [-0.2, -0.15) is 9.97 Å². The molecule has 0 bridgehead atoms. The molecule has 0 radical (unpaired) electrons. The fourth-order valence-electron chi connectivity index (χ4n) is 3.09. The van der Waals surface area contributed by atoms with Gasteiger partial charge in [-0.3, -0.25) is 15.6 Å². The Labute approximate surface area is 165 Å². The van der Waals surface area contributed by atoms with E-state index in [4.69, 9.17) is 8.83 Å². The largest absolute Gasteiger partial charge is 0.459 e. The van der Waals surface area contributed by atoms with Crippen LogP contribution in [-0.2, 0) is 0 Å². The number of nitrogens with zero attached hydrogens (tertiary/aromatic N) is 3. The number of anilines is 2. The number of carbonyl (C=O) groups excluding carboxylic acids is 1. The lowest BCUT2D eigenvalue weighted by molar-refractivity contribution is 0.0935. The number of aromatic nitrogens is 2. The third kappa shape index (κ3) is 3.62. The molecule has 9 heteroatoms. The molecule has 1 amide bonds. The number of hydrogen-bond donors (Lipinski definition) is 2. The van der Waals surface area contributed by atoms with Gasteiger partial charge in [0, 0.05) is 30.2 Å². The van der Waals surface area contributed by atoms with Gasteiger partial charge < -0.3 is 13.7 Å². The van der Waals surface area contributed by atoms with Gasteiger partial charge in [0.05, 0.1) is 11.8 Å². The Kier molecular flexibility index (Phi) is 4.86. The monoisotopic (exact) mass is 393 g/mol. The van der Waals surface area contributed by atoms with Crippen molar-refractivity contribution < 1.29 is 13.6 Å². The lowest BCUT2D eigenvalue weighted by atomic mass is 10.1. The minimum Gasteiger partial charge on any atom is -0.459 e. The molecule has 0 fully saturated rings. The van der Waals surface area contributed by atoms with Gasteiger partial charge in [0.1, 0.15) is 5.58 Å². The molecule has 0 atom stereocenters. The smallest absolute Gasteiger partial charge is 0.372 e. The first kappa shape index (κ1) is 18.5. The zero-order valence-corrected chi connectivity index (χ0v) is 15.9. The molecule has 0 spiro atoms. The van der Waals surface area contributed by atoms with Crippen molar-refractivity contribution in [2.45, 2.75) is 13.8 Å². The number of furan rings is 1. The second kappa shape index (κ2) is 7.63. The molecule has 9 nitrogen and oxygen atoms in total. The number of benzene rings is 1. The van der Waals surface area contributed by atoms with E-state index in [1.807, 2.05) is 18.2 Å². The van der Waals surface area contributed by atoms with E-state index >= 15 is 0 Å². The summed E-state index contributed by atoms with van der Waals surface area (Å²) in [6.45, 7) is 5.89. The van der Waals surface area contributed by atoms with Crippen molar-refractivity contribution in [3.8, 4) is 11.5 Å². The van der Waals surface area contributed by atoms with Crippen molar-refractivity contribution in [2.24, 2.45) is 0 Å². The molecule has 1 aromatic heterocycles. The predicted molar refractivity (Wildman–Crippen MR) is 108 cm³/mol. The van der Waals surface area contributed by atoms with Crippen molar-refractivity contribution in [1.82, 2.24) is 15.4 Å². The maximum atomic E-state index is 12.1. The van der Waals surface area contributed by atoms with E-state index in [1.165, 1.54) is 12.3 Å². The summed E-state index contributed by atoms with van der Waals surface area (Å²) in [4.78, 5) is 33.9. The molecule has 0 saturated heterocycles. The van der Waals surface area contributed by atoms with E-state index in [2.05, 4.69) is 39.6 Å². The van der Waals surface area contributed by atoms with Gasteiger partial charge in [-0.05, 0) is 44.2 Å². The minimum absolute atomic E-state index is 0.122. The summed E-state index contributed by atoms with van der Waals surface area (Å²) >= 11 is 0. The van der Waals surface area contributed by atoms with Crippen LogP contribution >= 0.6 is 0 Å². The molecule has 1 aromatic carbocycles. The van der Waals surface area contributed by atoms with E-state index in [1.54, 1.807) is 12.1 Å². The van der Waals surface area contributed by atoms with E-state index in [0.29, 0.717) is 11.1 Å². The van der Waals surface area contributed by atoms with E-state index in [0.717, 1.165) is 24.2 Å². The van der Waals surface area contributed by atoms with Gasteiger partial charge in [-0.15, -0.1) is 0 Å². The van der Waals surface area contributed by atoms with E-state index in [9.17, 15) is 9.59 Å². The number of nitrogens with one attached hydrogen (secondary N) is 2. The first-order valence-corrected chi connectivity index (χ1v) is 9.19. The maximum absolute atomic E-state index is 12.1. The summed E-state index contributed by atoms with van der Waals surface area (Å²) in [6, 6.07) is 10.8. The minimum atomic E-state index is -0.727. The van der Waals surface area contributed by atoms with Crippen LogP contribution in [-0.4, -0.2) is 29.0 Å². The molecule has 2 N–H and O–H groups in total. The van der Waals surface area contributed by atoms with Crippen molar-refractivity contribution in [2.75, 3.05) is 23.4 Å². The number of hydrogen-bond acceptors (Lipinski definition) is 8. The molecule has 0 aliphatic carbocycles. The van der Waals surface area contributed by atoms with Crippen LogP contribution < -0.4 is 21.4 Å². The van der Waals surface area contributed by atoms with Crippen LogP contribution in [0.5, 0.6) is 0 Å². The van der Waals surface area contributed by atoms with Crippen LogP contribution in [0.1, 0.15) is 24.4 Å². The topological polar surface area (TPSA) is 114 Å². The lowest BCUT2D eigenvalue weighted by Gasteiger charge is -2.21. The second-order valence-corrected chi connectivity index (χ2v) is 6.27. The van der Waals surface area contributed by atoms with Gasteiger partial charge in [0.2, 0.25) is 5.89 Å². The Morgan fingerprint density at radius 1 is 1.14 bits per heavy atom. The van der Waals surface area contributed by atoms with Crippen molar-refractivity contribution in [3.63, 3.8) is 0 Å². The SMILES string of the molecule is CCN(CC)c1ccc2cc3c(NNC(=O)c4ccco4)nc(=O)nc-3oc2c1. The molecule has 29 heavy (non-hydrogen) atoms. The molecular formula is C20H19N5O4. The highest BCUT2D eigenvalue weighted by molar-refractivity contribution is 5.93. The standard InChI is InChI=1S/C20H19N5O4/c1-3-25(4-2)13-8-7-12-10-14-17(23-24-18(26)15-6-5-9-28-15)21-20(27)22-19(14)29-16(12)11-13/h5-11H,3-4H2,1-2H3,(H,24,26)(H,21,23,27). The Morgan fingerprint density at radius 3 is 2.69 bits per heavy atom. The first-order chi connectivity index (χ1) is 14.1. The quantitative estimate of drug-likeness (QED) is 0.380. The summed E-state index contributed by atoms with van der Waals surface area (Å²) < 4.78 is 10.9. The van der Waals surface area contributed by atoms with Gasteiger partial charge in [0.15, 0.2) is 11.6 Å².